The Labute approximate surface area is 169 Å². The van der Waals surface area contributed by atoms with Crippen LogP contribution in [-0.4, -0.2) is 17.0 Å². The number of allylic oxidation sites excluding steroid dienone is 4. The van der Waals surface area contributed by atoms with Crippen molar-refractivity contribution in [1.82, 2.24) is 0 Å². The molecule has 1 aliphatic heterocycles. The minimum Gasteiger partial charge on any atom is -0.507 e. The minimum atomic E-state index is -1.30. The van der Waals surface area contributed by atoms with E-state index in [-0.39, 0.29) is 12.5 Å². The first kappa shape index (κ1) is 16.9. The number of benzene rings is 2. The summed E-state index contributed by atoms with van der Waals surface area (Å²) in [5, 5.41) is 22.5. The van der Waals surface area contributed by atoms with Crippen LogP contribution in [0.4, 0.5) is 0 Å². The van der Waals surface area contributed by atoms with Gasteiger partial charge in [0.2, 0.25) is 6.79 Å². The van der Waals surface area contributed by atoms with Crippen LogP contribution < -0.4 is 9.47 Å². The van der Waals surface area contributed by atoms with Crippen molar-refractivity contribution in [3.63, 3.8) is 0 Å². The van der Waals surface area contributed by atoms with E-state index in [4.69, 9.17) is 9.47 Å². The topological polar surface area (TPSA) is 58.9 Å². The van der Waals surface area contributed by atoms with E-state index in [0.29, 0.717) is 23.5 Å². The molecular weight excluding hydrogens is 364 g/mol. The van der Waals surface area contributed by atoms with E-state index >= 15 is 0 Å². The highest BCUT2D eigenvalue weighted by Gasteiger charge is 2.39. The Morgan fingerprint density at radius 1 is 0.897 bits per heavy atom. The van der Waals surface area contributed by atoms with Crippen molar-refractivity contribution in [3.05, 3.63) is 75.9 Å². The Balaban J connectivity index is 1.53. The maximum atomic E-state index is 11.8. The molecule has 0 fully saturated rings. The Bertz CT molecular complexity index is 1140. The summed E-state index contributed by atoms with van der Waals surface area (Å²) in [4.78, 5) is 0. The van der Waals surface area contributed by atoms with Crippen molar-refractivity contribution in [2.75, 3.05) is 6.79 Å². The van der Waals surface area contributed by atoms with Crippen LogP contribution in [0.2, 0.25) is 0 Å². The third-order valence-electron chi connectivity index (χ3n) is 6.68. The summed E-state index contributed by atoms with van der Waals surface area (Å²) in [6, 6.07) is 7.42. The van der Waals surface area contributed by atoms with Crippen LogP contribution in [0.15, 0.2) is 48.1 Å². The molecule has 1 atom stereocenters. The van der Waals surface area contributed by atoms with Crippen molar-refractivity contribution in [1.29, 1.82) is 0 Å². The van der Waals surface area contributed by atoms with E-state index in [2.05, 4.69) is 24.3 Å². The van der Waals surface area contributed by atoms with Crippen LogP contribution in [0, 0.1) is 0 Å². The first-order valence-electron chi connectivity index (χ1n) is 10.2. The SMILES string of the molecule is Oc1cc2c(cc1C1(O)CC=Cc3c1ccc1c3CCC3=C1C=CCC3)OCO2. The van der Waals surface area contributed by atoms with Crippen LogP contribution in [0.3, 0.4) is 0 Å². The third-order valence-corrected chi connectivity index (χ3v) is 6.68. The van der Waals surface area contributed by atoms with Gasteiger partial charge in [-0.25, -0.2) is 0 Å². The van der Waals surface area contributed by atoms with Gasteiger partial charge in [0.05, 0.1) is 0 Å². The smallest absolute Gasteiger partial charge is 0.231 e. The molecule has 4 heteroatoms. The molecule has 1 unspecified atom stereocenters. The zero-order valence-corrected chi connectivity index (χ0v) is 16.1. The second kappa shape index (κ2) is 6.01. The van der Waals surface area contributed by atoms with E-state index < -0.39 is 5.60 Å². The average molecular weight is 386 g/mol. The number of aliphatic hydroxyl groups is 1. The predicted octanol–water partition coefficient (Wildman–Crippen LogP) is 4.82. The molecule has 0 amide bonds. The van der Waals surface area contributed by atoms with Crippen LogP contribution in [0.1, 0.15) is 53.5 Å². The molecule has 146 valence electrons. The normalized spacial score (nSPS) is 23.6. The van der Waals surface area contributed by atoms with Gasteiger partial charge in [-0.2, -0.15) is 0 Å². The molecule has 2 aromatic rings. The molecule has 4 aliphatic rings. The lowest BCUT2D eigenvalue weighted by atomic mass is 9.72. The fraction of sp³-hybridized carbons (Fsp3) is 0.280. The lowest BCUT2D eigenvalue weighted by molar-refractivity contribution is 0.0796. The van der Waals surface area contributed by atoms with Gasteiger partial charge in [-0.3, -0.25) is 0 Å². The van der Waals surface area contributed by atoms with E-state index in [9.17, 15) is 10.2 Å². The van der Waals surface area contributed by atoms with E-state index in [1.165, 1.54) is 22.8 Å². The van der Waals surface area contributed by atoms with Gasteiger partial charge in [-0.15, -0.1) is 0 Å². The van der Waals surface area contributed by atoms with Crippen molar-refractivity contribution >= 4 is 11.6 Å². The maximum absolute atomic E-state index is 11.8. The molecule has 6 rings (SSSR count). The lowest BCUT2D eigenvalue weighted by Crippen LogP contribution is -2.30. The standard InChI is InChI=1S/C25H22O4/c26-22-13-24-23(28-14-29-24)12-21(22)25(27)11-3-6-19-18-8-7-15-4-1-2-5-16(15)17(18)9-10-20(19)25/h2-3,5-6,9-10,12-13,26-27H,1,4,7-8,11,14H2. The van der Waals surface area contributed by atoms with Crippen LogP contribution >= 0.6 is 0 Å². The first-order valence-corrected chi connectivity index (χ1v) is 10.2. The fourth-order valence-electron chi connectivity index (χ4n) is 5.24. The number of ether oxygens (including phenoxy) is 2. The van der Waals surface area contributed by atoms with Gasteiger partial charge in [0.15, 0.2) is 11.5 Å². The molecule has 1 heterocycles. The maximum Gasteiger partial charge on any atom is 0.231 e. The number of fused-ring (bicyclic) bond motifs is 5. The first-order chi connectivity index (χ1) is 14.1. The molecule has 0 saturated carbocycles. The lowest BCUT2D eigenvalue weighted by Gasteiger charge is -2.36. The zero-order valence-electron chi connectivity index (χ0n) is 16.1. The van der Waals surface area contributed by atoms with E-state index in [1.807, 2.05) is 12.1 Å². The zero-order chi connectivity index (χ0) is 19.6. The van der Waals surface area contributed by atoms with Gasteiger partial charge < -0.3 is 19.7 Å². The largest absolute Gasteiger partial charge is 0.507 e. The summed E-state index contributed by atoms with van der Waals surface area (Å²) in [7, 11) is 0. The Morgan fingerprint density at radius 3 is 2.66 bits per heavy atom. The van der Waals surface area contributed by atoms with Crippen molar-refractivity contribution in [2.24, 2.45) is 0 Å². The van der Waals surface area contributed by atoms with Gasteiger partial charge in [0.25, 0.3) is 0 Å². The summed E-state index contributed by atoms with van der Waals surface area (Å²) < 4.78 is 10.9. The summed E-state index contributed by atoms with van der Waals surface area (Å²) in [5.41, 5.74) is 6.56. The van der Waals surface area contributed by atoms with Crippen molar-refractivity contribution in [3.8, 4) is 17.2 Å². The summed E-state index contributed by atoms with van der Waals surface area (Å²) in [6.45, 7) is 0.131. The summed E-state index contributed by atoms with van der Waals surface area (Å²) in [6.07, 6.45) is 13.4. The molecule has 4 nitrogen and oxygen atoms in total. The van der Waals surface area contributed by atoms with Crippen LogP contribution in [-0.2, 0) is 12.0 Å². The third kappa shape index (κ3) is 2.36. The summed E-state index contributed by atoms with van der Waals surface area (Å²) in [5.74, 6) is 1.09. The number of phenols is 1. The molecule has 0 bridgehead atoms. The highest BCUT2D eigenvalue weighted by atomic mass is 16.7. The van der Waals surface area contributed by atoms with Crippen LogP contribution in [0.5, 0.6) is 17.2 Å². The molecule has 0 spiro atoms. The number of hydrogen-bond donors (Lipinski definition) is 2. The molecule has 3 aliphatic carbocycles. The van der Waals surface area contributed by atoms with Gasteiger partial charge in [-0.1, -0.05) is 42.0 Å². The number of hydrogen-bond acceptors (Lipinski definition) is 4. The molecule has 2 aromatic carbocycles. The number of aromatic hydroxyl groups is 1. The molecule has 0 radical (unpaired) electrons. The second-order valence-corrected chi connectivity index (χ2v) is 8.20. The van der Waals surface area contributed by atoms with E-state index in [0.717, 1.165) is 36.8 Å². The molecule has 0 aromatic heterocycles. The molecule has 0 saturated heterocycles. The predicted molar refractivity (Wildman–Crippen MR) is 111 cm³/mol. The second-order valence-electron chi connectivity index (χ2n) is 8.20. The Morgan fingerprint density at radius 2 is 1.76 bits per heavy atom. The molecule has 29 heavy (non-hydrogen) atoms. The Kier molecular flexibility index (Phi) is 3.51. The Hall–Kier alpha value is -2.98. The molecular formula is C25H22O4. The van der Waals surface area contributed by atoms with Crippen molar-refractivity contribution < 1.29 is 19.7 Å². The average Bonchev–Trinajstić information content (AvgIpc) is 3.20. The van der Waals surface area contributed by atoms with Gasteiger partial charge in [-0.05, 0) is 59.6 Å². The minimum absolute atomic E-state index is 0.0240. The van der Waals surface area contributed by atoms with Gasteiger partial charge in [0.1, 0.15) is 11.4 Å². The van der Waals surface area contributed by atoms with Crippen molar-refractivity contribution in [2.45, 2.75) is 37.7 Å². The quantitative estimate of drug-likeness (QED) is 0.737. The highest BCUT2D eigenvalue weighted by Crippen LogP contribution is 2.49. The fourth-order valence-corrected chi connectivity index (χ4v) is 5.24. The summed E-state index contributed by atoms with van der Waals surface area (Å²) >= 11 is 0. The van der Waals surface area contributed by atoms with Crippen LogP contribution in [0.25, 0.3) is 11.6 Å². The van der Waals surface area contributed by atoms with Gasteiger partial charge in [0, 0.05) is 18.1 Å². The number of phenolic OH excluding ortho intramolecular Hbond substituents is 1. The number of rotatable bonds is 1. The van der Waals surface area contributed by atoms with E-state index in [1.54, 1.807) is 11.6 Å². The van der Waals surface area contributed by atoms with Gasteiger partial charge >= 0.3 is 0 Å². The monoisotopic (exact) mass is 386 g/mol. The highest BCUT2D eigenvalue weighted by molar-refractivity contribution is 5.84. The molecule has 2 N–H and O–H groups in total.